The van der Waals surface area contributed by atoms with Crippen LogP contribution in [0.15, 0.2) is 35.3 Å². The molecule has 2 aliphatic rings. The van der Waals surface area contributed by atoms with Gasteiger partial charge in [0.2, 0.25) is 0 Å². The summed E-state index contributed by atoms with van der Waals surface area (Å²) in [5.41, 5.74) is 0.664. The minimum absolute atomic E-state index is 0.109. The summed E-state index contributed by atoms with van der Waals surface area (Å²) in [5, 5.41) is 0.331. The van der Waals surface area contributed by atoms with E-state index in [9.17, 15) is 14.0 Å². The molecule has 1 amide bonds. The van der Waals surface area contributed by atoms with Gasteiger partial charge in [-0.1, -0.05) is 11.6 Å². The molecule has 0 bridgehead atoms. The number of amides is 1. The molecule has 0 atom stereocenters. The van der Waals surface area contributed by atoms with Gasteiger partial charge < -0.3 is 9.47 Å². The number of halogens is 2. The summed E-state index contributed by atoms with van der Waals surface area (Å²) in [6.45, 7) is 0.423. The number of pyridine rings is 1. The summed E-state index contributed by atoms with van der Waals surface area (Å²) in [5.74, 6) is -0.779. The number of nitrogens with zero attached hydrogens (tertiary/aromatic N) is 2. The number of hydrogen-bond acceptors (Lipinski definition) is 2. The van der Waals surface area contributed by atoms with Gasteiger partial charge in [0.05, 0.1) is 10.7 Å². The van der Waals surface area contributed by atoms with Crippen molar-refractivity contribution >= 4 is 23.2 Å². The molecule has 24 heavy (non-hydrogen) atoms. The predicted molar refractivity (Wildman–Crippen MR) is 90.4 cm³/mol. The Balaban J connectivity index is 1.79. The minimum Gasteiger partial charge on any atom is -0.312 e. The molecule has 1 aromatic carbocycles. The van der Waals surface area contributed by atoms with Crippen LogP contribution < -0.4 is 10.5 Å². The maximum atomic E-state index is 14.1. The fraction of sp³-hybridized carbons (Fsp3) is 0.333. The van der Waals surface area contributed by atoms with Gasteiger partial charge in [-0.25, -0.2) is 4.39 Å². The summed E-state index contributed by atoms with van der Waals surface area (Å²) in [7, 11) is 0. The maximum Gasteiger partial charge on any atom is 0.263 e. The first-order chi connectivity index (χ1) is 11.6. The van der Waals surface area contributed by atoms with E-state index >= 15 is 0 Å². The molecule has 1 aliphatic heterocycles. The maximum absolute atomic E-state index is 14.1. The molecule has 1 fully saturated rings. The van der Waals surface area contributed by atoms with Gasteiger partial charge in [0.25, 0.3) is 11.5 Å². The highest BCUT2D eigenvalue weighted by Crippen LogP contribution is 2.37. The van der Waals surface area contributed by atoms with Crippen molar-refractivity contribution in [2.45, 2.75) is 31.7 Å². The van der Waals surface area contributed by atoms with Crippen molar-refractivity contribution in [1.82, 2.24) is 4.57 Å². The van der Waals surface area contributed by atoms with Crippen molar-refractivity contribution in [3.05, 3.63) is 62.8 Å². The molecule has 124 valence electrons. The zero-order valence-corrected chi connectivity index (χ0v) is 13.7. The molecule has 1 aromatic heterocycles. The van der Waals surface area contributed by atoms with Gasteiger partial charge in [0.15, 0.2) is 0 Å². The molecule has 0 unspecified atom stereocenters. The van der Waals surface area contributed by atoms with Crippen LogP contribution in [0.25, 0.3) is 0 Å². The lowest BCUT2D eigenvalue weighted by molar-refractivity contribution is 0.0983. The van der Waals surface area contributed by atoms with Crippen molar-refractivity contribution in [1.29, 1.82) is 0 Å². The molecule has 6 heteroatoms. The number of carbonyl (C=O) groups excluding carboxylic acids is 1. The van der Waals surface area contributed by atoms with Crippen LogP contribution in [0.5, 0.6) is 0 Å². The average molecular weight is 347 g/mol. The largest absolute Gasteiger partial charge is 0.312 e. The number of fused-ring (bicyclic) bond motifs is 1. The minimum atomic E-state index is -0.413. The molecule has 4 nitrogen and oxygen atoms in total. The van der Waals surface area contributed by atoms with Crippen molar-refractivity contribution in [3.8, 4) is 0 Å². The fourth-order valence-electron chi connectivity index (χ4n) is 3.30. The normalized spacial score (nSPS) is 16.8. The molecule has 2 heterocycles. The van der Waals surface area contributed by atoms with E-state index in [1.54, 1.807) is 16.8 Å². The van der Waals surface area contributed by atoms with E-state index in [4.69, 9.17) is 11.6 Å². The number of rotatable bonds is 2. The second-order valence-electron chi connectivity index (χ2n) is 6.28. The van der Waals surface area contributed by atoms with Crippen molar-refractivity contribution < 1.29 is 9.18 Å². The SMILES string of the molecule is O=C(c1cccn(C2CC2)c1=O)N1CCCc2c(F)ccc(Cl)c21. The Morgan fingerprint density at radius 2 is 2.04 bits per heavy atom. The third-order valence-electron chi connectivity index (χ3n) is 4.65. The van der Waals surface area contributed by atoms with Crippen LogP contribution in [0.3, 0.4) is 0 Å². The van der Waals surface area contributed by atoms with E-state index in [-0.39, 0.29) is 23.0 Å². The van der Waals surface area contributed by atoms with Crippen molar-refractivity contribution in [2.24, 2.45) is 0 Å². The van der Waals surface area contributed by atoms with Gasteiger partial charge in [-0.3, -0.25) is 9.59 Å². The lowest BCUT2D eigenvalue weighted by atomic mass is 10.00. The average Bonchev–Trinajstić information content (AvgIpc) is 3.42. The van der Waals surface area contributed by atoms with Crippen LogP contribution in [0.2, 0.25) is 5.02 Å². The van der Waals surface area contributed by atoms with E-state index in [1.165, 1.54) is 23.1 Å². The second-order valence-corrected chi connectivity index (χ2v) is 6.69. The van der Waals surface area contributed by atoms with Gasteiger partial charge in [0, 0.05) is 24.3 Å². The Bertz CT molecular complexity index is 889. The number of aromatic nitrogens is 1. The van der Waals surface area contributed by atoms with Crippen LogP contribution in [-0.2, 0) is 6.42 Å². The zero-order chi connectivity index (χ0) is 16.8. The van der Waals surface area contributed by atoms with Crippen LogP contribution in [0.1, 0.15) is 41.2 Å². The number of carbonyl (C=O) groups is 1. The molecule has 2 aromatic rings. The first kappa shape index (κ1) is 15.4. The van der Waals surface area contributed by atoms with Gasteiger partial charge in [-0.2, -0.15) is 0 Å². The third-order valence-corrected chi connectivity index (χ3v) is 4.95. The summed E-state index contributed by atoms with van der Waals surface area (Å²) in [6.07, 6.45) is 4.81. The van der Waals surface area contributed by atoms with E-state index in [0.717, 1.165) is 12.8 Å². The highest BCUT2D eigenvalue weighted by Gasteiger charge is 2.31. The number of anilines is 1. The zero-order valence-electron chi connectivity index (χ0n) is 13.0. The topological polar surface area (TPSA) is 42.3 Å². The summed E-state index contributed by atoms with van der Waals surface area (Å²) in [4.78, 5) is 27.0. The van der Waals surface area contributed by atoms with E-state index in [0.29, 0.717) is 35.7 Å². The highest BCUT2D eigenvalue weighted by atomic mass is 35.5. The van der Waals surface area contributed by atoms with Gasteiger partial charge in [0.1, 0.15) is 11.4 Å². The Kier molecular flexibility index (Phi) is 3.68. The molecule has 1 aliphatic carbocycles. The van der Waals surface area contributed by atoms with Crippen molar-refractivity contribution in [3.63, 3.8) is 0 Å². The molecule has 4 rings (SSSR count). The van der Waals surface area contributed by atoms with E-state index < -0.39 is 5.91 Å². The lowest BCUT2D eigenvalue weighted by Crippen LogP contribution is -2.40. The monoisotopic (exact) mass is 346 g/mol. The Morgan fingerprint density at radius 1 is 1.25 bits per heavy atom. The van der Waals surface area contributed by atoms with Gasteiger partial charge >= 0.3 is 0 Å². The second kappa shape index (κ2) is 5.74. The summed E-state index contributed by atoms with van der Waals surface area (Å²) in [6, 6.07) is 6.21. The quantitative estimate of drug-likeness (QED) is 0.834. The van der Waals surface area contributed by atoms with Gasteiger partial charge in [-0.15, -0.1) is 0 Å². The van der Waals surface area contributed by atoms with E-state index in [1.807, 2.05) is 0 Å². The molecule has 1 saturated carbocycles. The standard InChI is InChI=1S/C18H16ClFN2O2/c19-14-7-8-15(20)12-3-1-10-22(16(12)14)18(24)13-4-2-9-21(17(13)23)11-5-6-11/h2,4,7-9,11H,1,3,5-6,10H2. The van der Waals surface area contributed by atoms with Crippen LogP contribution in [0, 0.1) is 5.82 Å². The van der Waals surface area contributed by atoms with Crippen LogP contribution in [0.4, 0.5) is 10.1 Å². The number of hydrogen-bond donors (Lipinski definition) is 0. The molecular formula is C18H16ClFN2O2. The molecule has 0 saturated heterocycles. The van der Waals surface area contributed by atoms with Crippen LogP contribution in [-0.4, -0.2) is 17.0 Å². The molecule has 0 radical (unpaired) electrons. The predicted octanol–water partition coefficient (Wildman–Crippen LogP) is 3.57. The smallest absolute Gasteiger partial charge is 0.263 e. The van der Waals surface area contributed by atoms with E-state index in [2.05, 4.69) is 0 Å². The first-order valence-corrected chi connectivity index (χ1v) is 8.45. The third kappa shape index (κ3) is 2.44. The Morgan fingerprint density at radius 3 is 2.79 bits per heavy atom. The van der Waals surface area contributed by atoms with Gasteiger partial charge in [-0.05, 0) is 49.9 Å². The first-order valence-electron chi connectivity index (χ1n) is 8.08. The molecular weight excluding hydrogens is 331 g/mol. The summed E-state index contributed by atoms with van der Waals surface area (Å²) < 4.78 is 15.7. The lowest BCUT2D eigenvalue weighted by Gasteiger charge is -2.30. The summed E-state index contributed by atoms with van der Waals surface area (Å²) >= 11 is 6.23. The Hall–Kier alpha value is -2.14. The highest BCUT2D eigenvalue weighted by molar-refractivity contribution is 6.34. The van der Waals surface area contributed by atoms with Crippen LogP contribution >= 0.6 is 11.6 Å². The fourth-order valence-corrected chi connectivity index (χ4v) is 3.58. The number of benzene rings is 1. The van der Waals surface area contributed by atoms with Crippen molar-refractivity contribution in [2.75, 3.05) is 11.4 Å². The molecule has 0 N–H and O–H groups in total. The Labute approximate surface area is 143 Å². The molecule has 0 spiro atoms.